The number of benzene rings is 2. The van der Waals surface area contributed by atoms with Crippen molar-refractivity contribution in [2.24, 2.45) is 0 Å². The predicted molar refractivity (Wildman–Crippen MR) is 74.2 cm³/mol. The SMILES string of the molecule is O=C(Nc1ccc(OC(F)F)cc1)c1ccc(OC(F)(F)F)cc1. The summed E-state index contributed by atoms with van der Waals surface area (Å²) in [6, 6.07) is 9.48. The second-order valence-electron chi connectivity index (χ2n) is 4.43. The van der Waals surface area contributed by atoms with Crippen molar-refractivity contribution in [2.45, 2.75) is 13.0 Å². The normalized spacial score (nSPS) is 11.2. The summed E-state index contributed by atoms with van der Waals surface area (Å²) < 4.78 is 68.0. The molecule has 0 unspecified atom stereocenters. The van der Waals surface area contributed by atoms with Crippen LogP contribution in [0, 0.1) is 0 Å². The first-order valence-corrected chi connectivity index (χ1v) is 6.45. The molecule has 0 aliphatic rings. The van der Waals surface area contributed by atoms with Gasteiger partial charge in [-0.3, -0.25) is 4.79 Å². The van der Waals surface area contributed by atoms with Gasteiger partial charge in [-0.2, -0.15) is 8.78 Å². The van der Waals surface area contributed by atoms with E-state index in [2.05, 4.69) is 14.8 Å². The zero-order valence-electron chi connectivity index (χ0n) is 11.8. The van der Waals surface area contributed by atoms with Gasteiger partial charge in [0, 0.05) is 11.3 Å². The molecule has 0 atom stereocenters. The van der Waals surface area contributed by atoms with Crippen LogP contribution >= 0.6 is 0 Å². The molecule has 0 fully saturated rings. The molecule has 0 saturated heterocycles. The third kappa shape index (κ3) is 5.41. The van der Waals surface area contributed by atoms with Crippen molar-refractivity contribution in [2.75, 3.05) is 5.32 Å². The van der Waals surface area contributed by atoms with E-state index in [0.29, 0.717) is 5.69 Å². The van der Waals surface area contributed by atoms with Gasteiger partial charge in [-0.15, -0.1) is 13.2 Å². The number of carbonyl (C=O) groups is 1. The molecule has 0 heterocycles. The lowest BCUT2D eigenvalue weighted by Gasteiger charge is -2.10. The number of ether oxygens (including phenoxy) is 2. The third-order valence-electron chi connectivity index (χ3n) is 2.69. The van der Waals surface area contributed by atoms with Crippen LogP contribution in [0.25, 0.3) is 0 Å². The molecule has 0 saturated carbocycles. The van der Waals surface area contributed by atoms with Crippen molar-refractivity contribution in [3.8, 4) is 11.5 Å². The molecule has 0 bridgehead atoms. The number of rotatable bonds is 5. The van der Waals surface area contributed by atoms with Crippen LogP contribution in [-0.4, -0.2) is 18.9 Å². The van der Waals surface area contributed by atoms with Crippen molar-refractivity contribution in [3.63, 3.8) is 0 Å². The summed E-state index contributed by atoms with van der Waals surface area (Å²) in [5, 5.41) is 2.46. The first-order valence-electron chi connectivity index (χ1n) is 6.45. The maximum Gasteiger partial charge on any atom is 0.573 e. The van der Waals surface area contributed by atoms with E-state index in [9.17, 15) is 26.7 Å². The maximum atomic E-state index is 12.0. The second kappa shape index (κ2) is 7.16. The summed E-state index contributed by atoms with van der Waals surface area (Å²) in [5.74, 6) is -1.11. The minimum Gasteiger partial charge on any atom is -0.435 e. The molecule has 1 amide bonds. The molecule has 1 N–H and O–H groups in total. The Balaban J connectivity index is 1.99. The highest BCUT2D eigenvalue weighted by atomic mass is 19.4. The van der Waals surface area contributed by atoms with Gasteiger partial charge in [-0.25, -0.2) is 0 Å². The summed E-state index contributed by atoms with van der Waals surface area (Å²) in [6.07, 6.45) is -4.81. The number of amides is 1. The van der Waals surface area contributed by atoms with Crippen LogP contribution in [0.1, 0.15) is 10.4 Å². The fourth-order valence-corrected chi connectivity index (χ4v) is 1.73. The Bertz CT molecular complexity index is 684. The fraction of sp³-hybridized carbons (Fsp3) is 0.133. The smallest absolute Gasteiger partial charge is 0.435 e. The van der Waals surface area contributed by atoms with Crippen LogP contribution in [0.2, 0.25) is 0 Å². The molecule has 2 aromatic rings. The van der Waals surface area contributed by atoms with Crippen LogP contribution < -0.4 is 14.8 Å². The maximum absolute atomic E-state index is 12.0. The van der Waals surface area contributed by atoms with Gasteiger partial charge in [0.25, 0.3) is 5.91 Å². The van der Waals surface area contributed by atoms with Crippen LogP contribution in [0.3, 0.4) is 0 Å². The summed E-state index contributed by atoms with van der Waals surface area (Å²) in [7, 11) is 0. The molecule has 0 aliphatic carbocycles. The quantitative estimate of drug-likeness (QED) is 0.814. The lowest BCUT2D eigenvalue weighted by atomic mass is 10.2. The highest BCUT2D eigenvalue weighted by molar-refractivity contribution is 6.04. The van der Waals surface area contributed by atoms with E-state index >= 15 is 0 Å². The van der Waals surface area contributed by atoms with Crippen molar-refractivity contribution < 1.29 is 36.2 Å². The highest BCUT2D eigenvalue weighted by Crippen LogP contribution is 2.23. The lowest BCUT2D eigenvalue weighted by molar-refractivity contribution is -0.274. The zero-order chi connectivity index (χ0) is 17.7. The summed E-state index contributed by atoms with van der Waals surface area (Å²) in [5.41, 5.74) is 0.398. The number of nitrogens with one attached hydrogen (secondary N) is 1. The highest BCUT2D eigenvalue weighted by Gasteiger charge is 2.31. The van der Waals surface area contributed by atoms with E-state index < -0.39 is 24.6 Å². The Morgan fingerprint density at radius 3 is 1.96 bits per heavy atom. The fourth-order valence-electron chi connectivity index (χ4n) is 1.73. The Kier molecular flexibility index (Phi) is 5.22. The summed E-state index contributed by atoms with van der Waals surface area (Å²) >= 11 is 0. The van der Waals surface area contributed by atoms with Gasteiger partial charge in [-0.05, 0) is 48.5 Å². The topological polar surface area (TPSA) is 47.6 Å². The average Bonchev–Trinajstić information content (AvgIpc) is 2.48. The minimum atomic E-state index is -4.81. The van der Waals surface area contributed by atoms with Crippen LogP contribution in [-0.2, 0) is 0 Å². The van der Waals surface area contributed by atoms with Crippen molar-refractivity contribution >= 4 is 11.6 Å². The Labute approximate surface area is 132 Å². The van der Waals surface area contributed by atoms with E-state index in [1.54, 1.807) is 0 Å². The van der Waals surface area contributed by atoms with Crippen molar-refractivity contribution in [1.82, 2.24) is 0 Å². The minimum absolute atomic E-state index is 0.0725. The van der Waals surface area contributed by atoms with Gasteiger partial charge < -0.3 is 14.8 Å². The van der Waals surface area contributed by atoms with Gasteiger partial charge in [0.1, 0.15) is 11.5 Å². The molecule has 9 heteroatoms. The van der Waals surface area contributed by atoms with Gasteiger partial charge in [-0.1, -0.05) is 0 Å². The van der Waals surface area contributed by atoms with Crippen molar-refractivity contribution in [3.05, 3.63) is 54.1 Å². The van der Waals surface area contributed by atoms with Crippen molar-refractivity contribution in [1.29, 1.82) is 0 Å². The largest absolute Gasteiger partial charge is 0.573 e. The van der Waals surface area contributed by atoms with Crippen LogP contribution in [0.4, 0.5) is 27.6 Å². The van der Waals surface area contributed by atoms with E-state index in [4.69, 9.17) is 0 Å². The molecule has 2 aromatic carbocycles. The molecule has 0 aromatic heterocycles. The summed E-state index contributed by atoms with van der Waals surface area (Å²) in [4.78, 5) is 11.9. The first kappa shape index (κ1) is 17.5. The van der Waals surface area contributed by atoms with E-state index in [-0.39, 0.29) is 11.3 Å². The number of hydrogen-bond acceptors (Lipinski definition) is 3. The molecule has 128 valence electrons. The Morgan fingerprint density at radius 1 is 0.917 bits per heavy atom. The zero-order valence-corrected chi connectivity index (χ0v) is 11.8. The van der Waals surface area contributed by atoms with Gasteiger partial charge >= 0.3 is 13.0 Å². The standard InChI is InChI=1S/C15H10F5NO3/c16-14(17)23-11-7-3-10(4-8-11)21-13(22)9-1-5-12(6-2-9)24-15(18,19)20/h1-8,14H,(H,21,22). The molecule has 2 rings (SSSR count). The van der Waals surface area contributed by atoms with Gasteiger partial charge in [0.2, 0.25) is 0 Å². The number of hydrogen-bond donors (Lipinski definition) is 1. The molecule has 0 spiro atoms. The Hall–Kier alpha value is -2.84. The van der Waals surface area contributed by atoms with E-state index in [0.717, 1.165) is 24.3 Å². The van der Waals surface area contributed by atoms with E-state index in [1.807, 2.05) is 0 Å². The number of carbonyl (C=O) groups excluding carboxylic acids is 1. The second-order valence-corrected chi connectivity index (χ2v) is 4.43. The Morgan fingerprint density at radius 2 is 1.46 bits per heavy atom. The van der Waals surface area contributed by atoms with Crippen LogP contribution in [0.15, 0.2) is 48.5 Å². The predicted octanol–water partition coefficient (Wildman–Crippen LogP) is 4.44. The molecule has 0 radical (unpaired) electrons. The molecule has 4 nitrogen and oxygen atoms in total. The lowest BCUT2D eigenvalue weighted by Crippen LogP contribution is -2.17. The number of alkyl halides is 5. The third-order valence-corrected chi connectivity index (χ3v) is 2.69. The summed E-state index contributed by atoms with van der Waals surface area (Å²) in [6.45, 7) is -2.96. The van der Waals surface area contributed by atoms with Crippen LogP contribution in [0.5, 0.6) is 11.5 Å². The molecular formula is C15H10F5NO3. The molecule has 0 aliphatic heterocycles. The van der Waals surface area contributed by atoms with E-state index in [1.165, 1.54) is 24.3 Å². The molecule has 24 heavy (non-hydrogen) atoms. The number of anilines is 1. The number of halogens is 5. The average molecular weight is 347 g/mol. The molecular weight excluding hydrogens is 337 g/mol. The monoisotopic (exact) mass is 347 g/mol. The van der Waals surface area contributed by atoms with Gasteiger partial charge in [0.05, 0.1) is 0 Å². The first-order chi connectivity index (χ1) is 11.2. The van der Waals surface area contributed by atoms with Gasteiger partial charge in [0.15, 0.2) is 0 Å².